The number of hydrogen-bond donors (Lipinski definition) is 1. The fourth-order valence-electron chi connectivity index (χ4n) is 6.44. The van der Waals surface area contributed by atoms with Gasteiger partial charge in [-0.25, -0.2) is 0 Å². The molecule has 2 aromatic carbocycles. The van der Waals surface area contributed by atoms with Crippen LogP contribution in [0.15, 0.2) is 59.7 Å². The maximum absolute atomic E-state index is 10.5. The molecule has 3 aliphatic carbocycles. The first-order valence-electron chi connectivity index (χ1n) is 10.6. The molecule has 1 N–H and O–H groups in total. The zero-order chi connectivity index (χ0) is 18.6. The maximum atomic E-state index is 10.5. The van der Waals surface area contributed by atoms with E-state index in [1.807, 2.05) is 0 Å². The molecule has 0 bridgehead atoms. The van der Waals surface area contributed by atoms with Gasteiger partial charge in [0.15, 0.2) is 0 Å². The summed E-state index contributed by atoms with van der Waals surface area (Å²) < 4.78 is 0. The Kier molecular flexibility index (Phi) is 3.88. The number of fused-ring (bicyclic) bond motifs is 4. The standard InChI is InChI=1S/C26H30O/c1-18-8-10-22-20(14-18)9-11-23-24-15-21(27)17-25(24,2)12-13-26(22,23)16-19-6-4-3-5-7-19/h3-8,10,14,21,27H,9,11-13,15-17H2,1-2H3/t21-,25-,26+/m0/s1. The first-order valence-corrected chi connectivity index (χ1v) is 10.6. The SMILES string of the molecule is Cc1ccc2c(c1)CCC1=C3C[C@H](O)C[C@]3(C)CC[C@]12Cc1ccccc1. The molecule has 0 unspecified atom stereocenters. The van der Waals surface area contributed by atoms with Gasteiger partial charge in [-0.1, -0.05) is 72.2 Å². The van der Waals surface area contributed by atoms with E-state index >= 15 is 0 Å². The Bertz CT molecular complexity index is 909. The number of hydrogen-bond acceptors (Lipinski definition) is 1. The van der Waals surface area contributed by atoms with Crippen LogP contribution in [0, 0.1) is 12.3 Å². The number of aryl methyl sites for hydroxylation is 2. The highest BCUT2D eigenvalue weighted by molar-refractivity contribution is 5.53. The van der Waals surface area contributed by atoms with Crippen molar-refractivity contribution in [2.45, 2.75) is 70.3 Å². The molecule has 0 aliphatic heterocycles. The van der Waals surface area contributed by atoms with Crippen LogP contribution in [0.1, 0.15) is 61.3 Å². The van der Waals surface area contributed by atoms with E-state index in [1.165, 1.54) is 30.4 Å². The van der Waals surface area contributed by atoms with Gasteiger partial charge in [0.05, 0.1) is 6.10 Å². The van der Waals surface area contributed by atoms with Crippen molar-refractivity contribution >= 4 is 0 Å². The normalized spacial score (nSPS) is 32.0. The topological polar surface area (TPSA) is 20.2 Å². The van der Waals surface area contributed by atoms with E-state index in [0.717, 1.165) is 25.7 Å². The molecule has 27 heavy (non-hydrogen) atoms. The number of rotatable bonds is 2. The first kappa shape index (κ1) is 17.3. The summed E-state index contributed by atoms with van der Waals surface area (Å²) in [7, 11) is 0. The Balaban J connectivity index is 1.72. The summed E-state index contributed by atoms with van der Waals surface area (Å²) in [5, 5.41) is 10.5. The summed E-state index contributed by atoms with van der Waals surface area (Å²) in [6.07, 6.45) is 7.51. The number of aliphatic hydroxyl groups excluding tert-OH is 1. The highest BCUT2D eigenvalue weighted by Gasteiger charge is 2.52. The van der Waals surface area contributed by atoms with E-state index in [9.17, 15) is 5.11 Å². The maximum Gasteiger partial charge on any atom is 0.0585 e. The molecule has 0 aromatic heterocycles. The van der Waals surface area contributed by atoms with Gasteiger partial charge >= 0.3 is 0 Å². The lowest BCUT2D eigenvalue weighted by molar-refractivity contribution is 0.156. The van der Waals surface area contributed by atoms with Crippen LogP contribution in [0.4, 0.5) is 0 Å². The summed E-state index contributed by atoms with van der Waals surface area (Å²) in [6.45, 7) is 4.62. The van der Waals surface area contributed by atoms with E-state index in [0.29, 0.717) is 0 Å². The molecule has 0 heterocycles. The predicted molar refractivity (Wildman–Crippen MR) is 111 cm³/mol. The van der Waals surface area contributed by atoms with Crippen molar-refractivity contribution in [2.24, 2.45) is 5.41 Å². The highest BCUT2D eigenvalue weighted by Crippen LogP contribution is 2.60. The van der Waals surface area contributed by atoms with Crippen LogP contribution < -0.4 is 0 Å². The minimum atomic E-state index is -0.149. The van der Waals surface area contributed by atoms with Gasteiger partial charge in [0, 0.05) is 5.41 Å². The summed E-state index contributed by atoms with van der Waals surface area (Å²) >= 11 is 0. The lowest BCUT2D eigenvalue weighted by Crippen LogP contribution is -2.42. The van der Waals surface area contributed by atoms with E-state index in [4.69, 9.17) is 0 Å². The van der Waals surface area contributed by atoms with Gasteiger partial charge in [-0.15, -0.1) is 0 Å². The number of allylic oxidation sites excluding steroid dienone is 1. The molecule has 2 aromatic rings. The lowest BCUT2D eigenvalue weighted by atomic mass is 9.54. The van der Waals surface area contributed by atoms with Crippen molar-refractivity contribution in [1.29, 1.82) is 0 Å². The molecule has 0 spiro atoms. The van der Waals surface area contributed by atoms with Crippen molar-refractivity contribution in [3.8, 4) is 0 Å². The molecule has 1 saturated carbocycles. The summed E-state index contributed by atoms with van der Waals surface area (Å²) in [4.78, 5) is 0. The van der Waals surface area contributed by atoms with Crippen LogP contribution in [-0.2, 0) is 18.3 Å². The van der Waals surface area contributed by atoms with Crippen molar-refractivity contribution in [3.05, 3.63) is 81.9 Å². The Labute approximate surface area is 163 Å². The van der Waals surface area contributed by atoms with E-state index in [2.05, 4.69) is 62.4 Å². The number of aliphatic hydroxyl groups is 1. The van der Waals surface area contributed by atoms with Crippen LogP contribution in [0.2, 0.25) is 0 Å². The molecule has 5 rings (SSSR count). The minimum Gasteiger partial charge on any atom is -0.393 e. The Hall–Kier alpha value is -1.86. The third-order valence-electron chi connectivity index (χ3n) is 7.67. The third kappa shape index (κ3) is 2.63. The molecular formula is C26H30O. The van der Waals surface area contributed by atoms with Gasteiger partial charge in [-0.2, -0.15) is 0 Å². The van der Waals surface area contributed by atoms with Gasteiger partial charge in [0.25, 0.3) is 0 Å². The monoisotopic (exact) mass is 358 g/mol. The summed E-state index contributed by atoms with van der Waals surface area (Å²) in [5.41, 5.74) is 9.55. The van der Waals surface area contributed by atoms with Crippen molar-refractivity contribution in [2.75, 3.05) is 0 Å². The fraction of sp³-hybridized carbons (Fsp3) is 0.462. The van der Waals surface area contributed by atoms with Crippen molar-refractivity contribution < 1.29 is 5.11 Å². The fourth-order valence-corrected chi connectivity index (χ4v) is 6.44. The Morgan fingerprint density at radius 2 is 1.81 bits per heavy atom. The van der Waals surface area contributed by atoms with Crippen LogP contribution in [0.25, 0.3) is 0 Å². The van der Waals surface area contributed by atoms with Crippen LogP contribution >= 0.6 is 0 Å². The van der Waals surface area contributed by atoms with Crippen LogP contribution in [-0.4, -0.2) is 11.2 Å². The molecule has 1 nitrogen and oxygen atoms in total. The number of benzene rings is 2. The van der Waals surface area contributed by atoms with Crippen molar-refractivity contribution in [1.82, 2.24) is 0 Å². The predicted octanol–water partition coefficient (Wildman–Crippen LogP) is 5.67. The van der Waals surface area contributed by atoms with E-state index < -0.39 is 0 Å². The largest absolute Gasteiger partial charge is 0.393 e. The van der Waals surface area contributed by atoms with Gasteiger partial charge < -0.3 is 5.11 Å². The van der Waals surface area contributed by atoms with E-state index in [-0.39, 0.29) is 16.9 Å². The van der Waals surface area contributed by atoms with E-state index in [1.54, 1.807) is 22.3 Å². The quantitative estimate of drug-likeness (QED) is 0.686. The molecule has 3 aliphatic rings. The lowest BCUT2D eigenvalue weighted by Gasteiger charge is -2.50. The van der Waals surface area contributed by atoms with Crippen molar-refractivity contribution in [3.63, 3.8) is 0 Å². The zero-order valence-electron chi connectivity index (χ0n) is 16.6. The third-order valence-corrected chi connectivity index (χ3v) is 7.67. The smallest absolute Gasteiger partial charge is 0.0585 e. The summed E-state index contributed by atoms with van der Waals surface area (Å²) in [5.74, 6) is 0. The molecule has 1 fully saturated rings. The minimum absolute atomic E-state index is 0.127. The van der Waals surface area contributed by atoms with Crippen LogP contribution in [0.3, 0.4) is 0 Å². The molecule has 1 heteroatoms. The average Bonchev–Trinajstić information content (AvgIpc) is 2.96. The van der Waals surface area contributed by atoms with Gasteiger partial charge in [-0.3, -0.25) is 0 Å². The molecule has 3 atom stereocenters. The van der Waals surface area contributed by atoms with Gasteiger partial charge in [0.1, 0.15) is 0 Å². The Morgan fingerprint density at radius 3 is 2.63 bits per heavy atom. The molecule has 0 radical (unpaired) electrons. The first-order chi connectivity index (χ1) is 13.0. The second-order valence-corrected chi connectivity index (χ2v) is 9.48. The molecule has 140 valence electrons. The Morgan fingerprint density at radius 1 is 1.00 bits per heavy atom. The molecule has 0 amide bonds. The van der Waals surface area contributed by atoms with Crippen LogP contribution in [0.5, 0.6) is 0 Å². The second kappa shape index (κ2) is 6.07. The zero-order valence-corrected chi connectivity index (χ0v) is 16.6. The average molecular weight is 359 g/mol. The molecule has 0 saturated heterocycles. The molecular weight excluding hydrogens is 328 g/mol. The second-order valence-electron chi connectivity index (χ2n) is 9.48. The van der Waals surface area contributed by atoms with Gasteiger partial charge in [-0.05, 0) is 74.0 Å². The van der Waals surface area contributed by atoms with Gasteiger partial charge in [0.2, 0.25) is 0 Å². The summed E-state index contributed by atoms with van der Waals surface area (Å²) in [6, 6.07) is 18.2. The highest BCUT2D eigenvalue weighted by atomic mass is 16.3.